The zero-order valence-corrected chi connectivity index (χ0v) is 11.5. The van der Waals surface area contributed by atoms with E-state index in [0.29, 0.717) is 0 Å². The zero-order chi connectivity index (χ0) is 13.0. The van der Waals surface area contributed by atoms with Crippen LogP contribution in [0.4, 0.5) is 5.69 Å². The number of amides is 1. The second kappa shape index (κ2) is 6.25. The van der Waals surface area contributed by atoms with Gasteiger partial charge in [0.2, 0.25) is 5.91 Å². The molecule has 0 radical (unpaired) electrons. The standard InChI is InChI=1S/C14H20N2OS/c1-18-11-8-6-10(7-9-11)16-14(17)12-4-2-3-5-13(12)15/h6-9,12-13H,2-5,15H2,1H3,(H,16,17). The van der Waals surface area contributed by atoms with Crippen LogP contribution < -0.4 is 11.1 Å². The van der Waals surface area contributed by atoms with Crippen LogP contribution in [0.2, 0.25) is 0 Å². The molecule has 18 heavy (non-hydrogen) atoms. The minimum Gasteiger partial charge on any atom is -0.327 e. The number of rotatable bonds is 3. The number of carbonyl (C=O) groups is 1. The minimum atomic E-state index is -0.0287. The Morgan fingerprint density at radius 3 is 2.56 bits per heavy atom. The molecular weight excluding hydrogens is 244 g/mol. The molecule has 2 unspecified atom stereocenters. The SMILES string of the molecule is CSc1ccc(NC(=O)C2CCCCC2N)cc1. The third-order valence-electron chi connectivity index (χ3n) is 3.51. The molecule has 4 heteroatoms. The fraction of sp³-hybridized carbons (Fsp3) is 0.500. The van der Waals surface area contributed by atoms with Crippen LogP contribution in [0, 0.1) is 5.92 Å². The summed E-state index contributed by atoms with van der Waals surface area (Å²) >= 11 is 1.69. The summed E-state index contributed by atoms with van der Waals surface area (Å²) in [7, 11) is 0. The van der Waals surface area contributed by atoms with Crippen molar-refractivity contribution in [2.45, 2.75) is 36.6 Å². The van der Waals surface area contributed by atoms with Gasteiger partial charge < -0.3 is 11.1 Å². The average Bonchev–Trinajstić information content (AvgIpc) is 2.40. The monoisotopic (exact) mass is 264 g/mol. The number of benzene rings is 1. The number of thioether (sulfide) groups is 1. The van der Waals surface area contributed by atoms with Gasteiger partial charge in [-0.05, 0) is 43.4 Å². The molecule has 0 saturated heterocycles. The predicted octanol–water partition coefficient (Wildman–Crippen LogP) is 2.86. The van der Waals surface area contributed by atoms with Gasteiger partial charge in [0, 0.05) is 16.6 Å². The molecule has 1 aliphatic carbocycles. The molecule has 0 spiro atoms. The molecule has 98 valence electrons. The first-order valence-corrected chi connectivity index (χ1v) is 7.63. The molecule has 1 aromatic carbocycles. The zero-order valence-electron chi connectivity index (χ0n) is 10.7. The van der Waals surface area contributed by atoms with E-state index in [-0.39, 0.29) is 17.9 Å². The number of nitrogens with one attached hydrogen (secondary N) is 1. The third kappa shape index (κ3) is 3.27. The van der Waals surface area contributed by atoms with Crippen molar-refractivity contribution >= 4 is 23.4 Å². The Morgan fingerprint density at radius 2 is 1.94 bits per heavy atom. The quantitative estimate of drug-likeness (QED) is 0.825. The predicted molar refractivity (Wildman–Crippen MR) is 76.8 cm³/mol. The molecule has 0 bridgehead atoms. The fourth-order valence-electron chi connectivity index (χ4n) is 2.39. The lowest BCUT2D eigenvalue weighted by Crippen LogP contribution is -2.40. The number of nitrogens with two attached hydrogens (primary N) is 1. The summed E-state index contributed by atoms with van der Waals surface area (Å²) in [6, 6.07) is 7.93. The molecule has 1 aliphatic rings. The first kappa shape index (κ1) is 13.4. The third-order valence-corrected chi connectivity index (χ3v) is 4.26. The van der Waals surface area contributed by atoms with Gasteiger partial charge in [-0.25, -0.2) is 0 Å². The Morgan fingerprint density at radius 1 is 1.28 bits per heavy atom. The van der Waals surface area contributed by atoms with E-state index in [0.717, 1.165) is 31.4 Å². The normalized spacial score (nSPS) is 23.7. The van der Waals surface area contributed by atoms with Gasteiger partial charge in [-0.15, -0.1) is 11.8 Å². The molecule has 1 aromatic rings. The Hall–Kier alpha value is -1.00. The Balaban J connectivity index is 1.97. The number of carbonyl (C=O) groups excluding carboxylic acids is 1. The first-order valence-electron chi connectivity index (χ1n) is 6.41. The molecule has 2 rings (SSSR count). The highest BCUT2D eigenvalue weighted by atomic mass is 32.2. The van der Waals surface area contributed by atoms with Crippen LogP contribution in [0.3, 0.4) is 0 Å². The summed E-state index contributed by atoms with van der Waals surface area (Å²) in [6.45, 7) is 0. The molecule has 1 saturated carbocycles. The molecular formula is C14H20N2OS. The van der Waals surface area contributed by atoms with Gasteiger partial charge in [0.15, 0.2) is 0 Å². The molecule has 3 nitrogen and oxygen atoms in total. The highest BCUT2D eigenvalue weighted by molar-refractivity contribution is 7.98. The van der Waals surface area contributed by atoms with Crippen molar-refractivity contribution in [3.63, 3.8) is 0 Å². The van der Waals surface area contributed by atoms with Crippen molar-refractivity contribution in [2.75, 3.05) is 11.6 Å². The molecule has 3 N–H and O–H groups in total. The van der Waals surface area contributed by atoms with Crippen molar-refractivity contribution in [1.29, 1.82) is 0 Å². The lowest BCUT2D eigenvalue weighted by Gasteiger charge is -2.27. The lowest BCUT2D eigenvalue weighted by atomic mass is 9.84. The van der Waals surface area contributed by atoms with Crippen LogP contribution in [0.1, 0.15) is 25.7 Å². The average molecular weight is 264 g/mol. The summed E-state index contributed by atoms with van der Waals surface area (Å²) in [6.07, 6.45) is 6.17. The van der Waals surface area contributed by atoms with Gasteiger partial charge in [-0.1, -0.05) is 12.8 Å². The second-order valence-electron chi connectivity index (χ2n) is 4.77. The Bertz CT molecular complexity index is 405. The molecule has 1 amide bonds. The van der Waals surface area contributed by atoms with Crippen LogP contribution in [-0.4, -0.2) is 18.2 Å². The van der Waals surface area contributed by atoms with Crippen molar-refractivity contribution < 1.29 is 4.79 Å². The maximum Gasteiger partial charge on any atom is 0.229 e. The van der Waals surface area contributed by atoms with Crippen molar-refractivity contribution in [3.05, 3.63) is 24.3 Å². The minimum absolute atomic E-state index is 0.0178. The van der Waals surface area contributed by atoms with Crippen molar-refractivity contribution in [3.8, 4) is 0 Å². The van der Waals surface area contributed by atoms with Gasteiger partial charge in [0.25, 0.3) is 0 Å². The van der Waals surface area contributed by atoms with Gasteiger partial charge >= 0.3 is 0 Å². The van der Waals surface area contributed by atoms with E-state index in [9.17, 15) is 4.79 Å². The van der Waals surface area contributed by atoms with Crippen molar-refractivity contribution in [1.82, 2.24) is 0 Å². The summed E-state index contributed by atoms with van der Waals surface area (Å²) in [4.78, 5) is 13.3. The van der Waals surface area contributed by atoms with E-state index in [2.05, 4.69) is 5.32 Å². The number of anilines is 1. The maximum atomic E-state index is 12.1. The largest absolute Gasteiger partial charge is 0.327 e. The van der Waals surface area contributed by atoms with Crippen LogP contribution in [-0.2, 0) is 4.79 Å². The van der Waals surface area contributed by atoms with E-state index in [1.54, 1.807) is 11.8 Å². The molecule has 1 fully saturated rings. The Kier molecular flexibility index (Phi) is 4.66. The van der Waals surface area contributed by atoms with Crippen LogP contribution in [0.25, 0.3) is 0 Å². The van der Waals surface area contributed by atoms with E-state index >= 15 is 0 Å². The van der Waals surface area contributed by atoms with E-state index in [4.69, 9.17) is 5.73 Å². The van der Waals surface area contributed by atoms with Gasteiger partial charge in [-0.3, -0.25) is 4.79 Å². The van der Waals surface area contributed by atoms with Crippen molar-refractivity contribution in [2.24, 2.45) is 11.7 Å². The highest BCUT2D eigenvalue weighted by Crippen LogP contribution is 2.25. The molecule has 0 aliphatic heterocycles. The Labute approximate surface area is 113 Å². The van der Waals surface area contributed by atoms with Crippen LogP contribution in [0.15, 0.2) is 29.2 Å². The van der Waals surface area contributed by atoms with E-state index in [1.807, 2.05) is 30.5 Å². The summed E-state index contributed by atoms with van der Waals surface area (Å²) in [5.74, 6) is 0.0399. The number of hydrogen-bond donors (Lipinski definition) is 2. The number of hydrogen-bond acceptors (Lipinski definition) is 3. The second-order valence-corrected chi connectivity index (χ2v) is 5.65. The topological polar surface area (TPSA) is 55.1 Å². The summed E-state index contributed by atoms with van der Waals surface area (Å²) in [5, 5.41) is 2.97. The molecule has 0 aromatic heterocycles. The molecule has 2 atom stereocenters. The molecule has 0 heterocycles. The summed E-state index contributed by atoms with van der Waals surface area (Å²) in [5.41, 5.74) is 6.87. The van der Waals surface area contributed by atoms with Crippen LogP contribution in [0.5, 0.6) is 0 Å². The van der Waals surface area contributed by atoms with Gasteiger partial charge in [0.1, 0.15) is 0 Å². The van der Waals surface area contributed by atoms with Crippen LogP contribution >= 0.6 is 11.8 Å². The van der Waals surface area contributed by atoms with E-state index in [1.165, 1.54) is 4.90 Å². The fourth-order valence-corrected chi connectivity index (χ4v) is 2.80. The highest BCUT2D eigenvalue weighted by Gasteiger charge is 2.28. The van der Waals surface area contributed by atoms with E-state index < -0.39 is 0 Å². The summed E-state index contributed by atoms with van der Waals surface area (Å²) < 4.78 is 0. The maximum absolute atomic E-state index is 12.1. The first-order chi connectivity index (χ1) is 8.70. The lowest BCUT2D eigenvalue weighted by molar-refractivity contribution is -0.121. The van der Waals surface area contributed by atoms with Gasteiger partial charge in [0.05, 0.1) is 5.92 Å². The smallest absolute Gasteiger partial charge is 0.229 e. The van der Waals surface area contributed by atoms with Gasteiger partial charge in [-0.2, -0.15) is 0 Å².